The van der Waals surface area contributed by atoms with Crippen molar-refractivity contribution in [3.63, 3.8) is 0 Å². The fourth-order valence-electron chi connectivity index (χ4n) is 2.88. The summed E-state index contributed by atoms with van der Waals surface area (Å²) in [6.45, 7) is 0.0296. The van der Waals surface area contributed by atoms with Crippen LogP contribution < -0.4 is 0 Å². The van der Waals surface area contributed by atoms with Gasteiger partial charge in [0.05, 0.1) is 23.9 Å². The number of halogens is 1. The number of hydrogen-bond donors (Lipinski definition) is 0. The van der Waals surface area contributed by atoms with Gasteiger partial charge in [-0.1, -0.05) is 30.3 Å². The molecule has 0 saturated carbocycles. The maximum absolute atomic E-state index is 12.8. The average Bonchev–Trinajstić information content (AvgIpc) is 3.11. The Kier molecular flexibility index (Phi) is 4.43. The molecular formula is C19H17FN4O2. The standard InChI is InChI=1S/C19H17FN4O2/c20-11-15-8-9-24(15)19(25)17-12-26-18(21-17)10-14-6-7-16(23-22-14)13-4-2-1-3-5-13/h1-7,12,15H,8-11H2. The van der Waals surface area contributed by atoms with Gasteiger partial charge in [0.2, 0.25) is 5.89 Å². The highest BCUT2D eigenvalue weighted by molar-refractivity contribution is 5.92. The van der Waals surface area contributed by atoms with E-state index in [1.807, 2.05) is 42.5 Å². The van der Waals surface area contributed by atoms with E-state index < -0.39 is 6.67 Å². The number of aromatic nitrogens is 3. The van der Waals surface area contributed by atoms with E-state index in [0.29, 0.717) is 31.0 Å². The van der Waals surface area contributed by atoms with Crippen LogP contribution in [0.15, 0.2) is 53.1 Å². The van der Waals surface area contributed by atoms with Crippen molar-refractivity contribution < 1.29 is 13.6 Å². The fourth-order valence-corrected chi connectivity index (χ4v) is 2.88. The van der Waals surface area contributed by atoms with Crippen molar-refractivity contribution >= 4 is 5.91 Å². The highest BCUT2D eigenvalue weighted by Gasteiger charge is 2.34. The number of rotatable bonds is 5. The Morgan fingerprint density at radius 2 is 2.04 bits per heavy atom. The summed E-state index contributed by atoms with van der Waals surface area (Å²) < 4.78 is 18.1. The molecule has 0 N–H and O–H groups in total. The molecule has 1 amide bonds. The van der Waals surface area contributed by atoms with Gasteiger partial charge < -0.3 is 9.32 Å². The van der Waals surface area contributed by atoms with Crippen LogP contribution in [0.5, 0.6) is 0 Å². The third-order valence-electron chi connectivity index (χ3n) is 4.48. The summed E-state index contributed by atoms with van der Waals surface area (Å²) in [5, 5.41) is 8.42. The second-order valence-electron chi connectivity index (χ2n) is 6.17. The molecule has 2 aromatic heterocycles. The van der Waals surface area contributed by atoms with E-state index in [1.165, 1.54) is 11.2 Å². The van der Waals surface area contributed by atoms with Gasteiger partial charge in [0.1, 0.15) is 12.9 Å². The lowest BCUT2D eigenvalue weighted by Gasteiger charge is -2.38. The van der Waals surface area contributed by atoms with Crippen molar-refractivity contribution in [2.45, 2.75) is 18.9 Å². The molecule has 1 unspecified atom stereocenters. The van der Waals surface area contributed by atoms with Crippen LogP contribution in [0.1, 0.15) is 28.5 Å². The molecule has 1 aliphatic rings. The first-order valence-corrected chi connectivity index (χ1v) is 8.44. The lowest BCUT2D eigenvalue weighted by atomic mass is 10.0. The Labute approximate surface area is 149 Å². The van der Waals surface area contributed by atoms with Crippen LogP contribution in [0, 0.1) is 0 Å². The van der Waals surface area contributed by atoms with Crippen molar-refractivity contribution in [2.24, 2.45) is 0 Å². The zero-order valence-electron chi connectivity index (χ0n) is 14.0. The highest BCUT2D eigenvalue weighted by Crippen LogP contribution is 2.21. The van der Waals surface area contributed by atoms with Gasteiger partial charge in [-0.15, -0.1) is 0 Å². The van der Waals surface area contributed by atoms with E-state index in [9.17, 15) is 9.18 Å². The minimum atomic E-state index is -0.528. The van der Waals surface area contributed by atoms with E-state index >= 15 is 0 Å². The van der Waals surface area contributed by atoms with E-state index in [0.717, 1.165) is 11.3 Å². The zero-order chi connectivity index (χ0) is 17.9. The SMILES string of the molecule is O=C(c1coc(Cc2ccc(-c3ccccc3)nn2)n1)N1CCC1CF. The van der Waals surface area contributed by atoms with Crippen LogP contribution in [0.3, 0.4) is 0 Å². The molecule has 0 spiro atoms. The fraction of sp³-hybridized carbons (Fsp3) is 0.263. The number of benzene rings is 1. The molecule has 1 atom stereocenters. The molecule has 0 radical (unpaired) electrons. The van der Waals surface area contributed by atoms with Crippen LogP contribution in [-0.2, 0) is 6.42 Å². The Morgan fingerprint density at radius 1 is 1.19 bits per heavy atom. The van der Waals surface area contributed by atoms with Crippen molar-refractivity contribution in [3.05, 3.63) is 66.0 Å². The molecule has 1 fully saturated rings. The average molecular weight is 352 g/mol. The molecule has 7 heteroatoms. The lowest BCUT2D eigenvalue weighted by molar-refractivity contribution is 0.0396. The van der Waals surface area contributed by atoms with E-state index in [1.54, 1.807) is 0 Å². The Balaban J connectivity index is 1.43. The summed E-state index contributed by atoms with van der Waals surface area (Å²) in [6.07, 6.45) is 2.34. The molecule has 3 aromatic rings. The first kappa shape index (κ1) is 16.4. The molecule has 0 aliphatic carbocycles. The third kappa shape index (κ3) is 3.20. The maximum Gasteiger partial charge on any atom is 0.276 e. The van der Waals surface area contributed by atoms with Crippen LogP contribution in [0.2, 0.25) is 0 Å². The van der Waals surface area contributed by atoms with Gasteiger partial charge in [-0.3, -0.25) is 4.79 Å². The Morgan fingerprint density at radius 3 is 2.69 bits per heavy atom. The number of nitrogens with zero attached hydrogens (tertiary/aromatic N) is 4. The van der Waals surface area contributed by atoms with Crippen LogP contribution in [-0.4, -0.2) is 45.2 Å². The molecule has 4 rings (SSSR count). The smallest absolute Gasteiger partial charge is 0.276 e. The van der Waals surface area contributed by atoms with Crippen LogP contribution >= 0.6 is 0 Å². The van der Waals surface area contributed by atoms with Crippen molar-refractivity contribution in [2.75, 3.05) is 13.2 Å². The summed E-state index contributed by atoms with van der Waals surface area (Å²) in [6, 6.07) is 13.2. The van der Waals surface area contributed by atoms with E-state index in [4.69, 9.17) is 4.42 Å². The minimum absolute atomic E-state index is 0.201. The molecule has 1 aromatic carbocycles. The predicted molar refractivity (Wildman–Crippen MR) is 92.2 cm³/mol. The Hall–Kier alpha value is -3.09. The summed E-state index contributed by atoms with van der Waals surface area (Å²) in [5.74, 6) is 0.0897. The molecular weight excluding hydrogens is 335 g/mol. The number of amides is 1. The second-order valence-corrected chi connectivity index (χ2v) is 6.17. The first-order chi connectivity index (χ1) is 12.7. The van der Waals surface area contributed by atoms with Gasteiger partial charge in [-0.2, -0.15) is 10.2 Å². The number of hydrogen-bond acceptors (Lipinski definition) is 5. The molecule has 1 saturated heterocycles. The van der Waals surface area contributed by atoms with Crippen LogP contribution in [0.25, 0.3) is 11.3 Å². The van der Waals surface area contributed by atoms with Gasteiger partial charge in [0.25, 0.3) is 5.91 Å². The number of oxazole rings is 1. The largest absolute Gasteiger partial charge is 0.448 e. The number of alkyl halides is 1. The highest BCUT2D eigenvalue weighted by atomic mass is 19.1. The van der Waals surface area contributed by atoms with Crippen LogP contribution in [0.4, 0.5) is 4.39 Å². The van der Waals surface area contributed by atoms with E-state index in [2.05, 4.69) is 15.2 Å². The second kappa shape index (κ2) is 7.03. The van der Waals surface area contributed by atoms with E-state index in [-0.39, 0.29) is 17.6 Å². The maximum atomic E-state index is 12.8. The zero-order valence-corrected chi connectivity index (χ0v) is 14.0. The minimum Gasteiger partial charge on any atom is -0.448 e. The number of likely N-dealkylation sites (tertiary alicyclic amines) is 1. The van der Waals surface area contributed by atoms with Gasteiger partial charge in [0, 0.05) is 12.1 Å². The first-order valence-electron chi connectivity index (χ1n) is 8.44. The number of carbonyl (C=O) groups excluding carboxylic acids is 1. The predicted octanol–water partition coefficient (Wildman–Crippen LogP) is 2.91. The molecule has 26 heavy (non-hydrogen) atoms. The van der Waals surface area contributed by atoms with Gasteiger partial charge in [-0.25, -0.2) is 9.37 Å². The molecule has 1 aliphatic heterocycles. The normalized spacial score (nSPS) is 16.3. The Bertz CT molecular complexity index is 893. The van der Waals surface area contributed by atoms with Crippen molar-refractivity contribution in [3.8, 4) is 11.3 Å². The number of carbonyl (C=O) groups is 1. The van der Waals surface area contributed by atoms with Crippen molar-refractivity contribution in [1.29, 1.82) is 0 Å². The van der Waals surface area contributed by atoms with Gasteiger partial charge in [0.15, 0.2) is 5.69 Å². The third-order valence-corrected chi connectivity index (χ3v) is 4.48. The molecule has 6 nitrogen and oxygen atoms in total. The summed E-state index contributed by atoms with van der Waals surface area (Å²) >= 11 is 0. The van der Waals surface area contributed by atoms with Gasteiger partial charge in [-0.05, 0) is 18.6 Å². The molecule has 3 heterocycles. The topological polar surface area (TPSA) is 72.1 Å². The summed E-state index contributed by atoms with van der Waals surface area (Å²) in [5.41, 5.74) is 2.67. The molecule has 0 bridgehead atoms. The monoisotopic (exact) mass is 352 g/mol. The van der Waals surface area contributed by atoms with Gasteiger partial charge >= 0.3 is 0 Å². The molecule has 132 valence electrons. The summed E-state index contributed by atoms with van der Waals surface area (Å²) in [4.78, 5) is 18.0. The van der Waals surface area contributed by atoms with Crippen molar-refractivity contribution in [1.82, 2.24) is 20.1 Å². The lowest BCUT2D eigenvalue weighted by Crippen LogP contribution is -2.52. The summed E-state index contributed by atoms with van der Waals surface area (Å²) in [7, 11) is 0. The quantitative estimate of drug-likeness (QED) is 0.706.